The molecule has 0 bridgehead atoms. The minimum Gasteiger partial charge on any atom is -0.493 e. The van der Waals surface area contributed by atoms with Crippen molar-refractivity contribution in [3.05, 3.63) is 59.2 Å². The van der Waals surface area contributed by atoms with E-state index in [1.165, 1.54) is 6.08 Å². The third-order valence-corrected chi connectivity index (χ3v) is 4.96. The number of rotatable bonds is 8. The Morgan fingerprint density at radius 2 is 1.87 bits per heavy atom. The molecule has 0 fully saturated rings. The minimum absolute atomic E-state index is 0.0168. The van der Waals surface area contributed by atoms with Gasteiger partial charge < -0.3 is 19.7 Å². The van der Waals surface area contributed by atoms with Gasteiger partial charge in [-0.1, -0.05) is 6.07 Å². The van der Waals surface area contributed by atoms with Gasteiger partial charge in [0, 0.05) is 37.3 Å². The van der Waals surface area contributed by atoms with E-state index in [-0.39, 0.29) is 30.6 Å². The number of methoxy groups -OCH3 is 2. The van der Waals surface area contributed by atoms with Crippen LogP contribution in [0.3, 0.4) is 0 Å². The lowest BCUT2D eigenvalue weighted by molar-refractivity contribution is -0.117. The summed E-state index contributed by atoms with van der Waals surface area (Å²) in [5.74, 6) is 0.832. The molecule has 7 nitrogen and oxygen atoms in total. The second kappa shape index (κ2) is 9.26. The largest absolute Gasteiger partial charge is 0.493 e. The molecule has 1 N–H and O–H groups in total. The number of nitrogens with zero attached hydrogens (tertiary/aromatic N) is 1. The van der Waals surface area contributed by atoms with Gasteiger partial charge in [0.05, 0.1) is 20.6 Å². The molecule has 7 heteroatoms. The number of likely N-dealkylation sites (N-methyl/N-ethyl adjacent to an activating group) is 1. The van der Waals surface area contributed by atoms with E-state index < -0.39 is 0 Å². The van der Waals surface area contributed by atoms with E-state index in [0.29, 0.717) is 23.5 Å². The molecule has 0 aliphatic carbocycles. The van der Waals surface area contributed by atoms with Crippen molar-refractivity contribution < 1.29 is 23.9 Å². The number of amides is 2. The van der Waals surface area contributed by atoms with Crippen molar-refractivity contribution in [3.8, 4) is 11.5 Å². The fourth-order valence-corrected chi connectivity index (χ4v) is 3.27. The minimum atomic E-state index is -0.293. The van der Waals surface area contributed by atoms with Gasteiger partial charge in [0.25, 0.3) is 0 Å². The van der Waals surface area contributed by atoms with Crippen molar-refractivity contribution in [1.29, 1.82) is 0 Å². The molecule has 0 atom stereocenters. The van der Waals surface area contributed by atoms with Gasteiger partial charge in [-0.3, -0.25) is 14.4 Å². The van der Waals surface area contributed by atoms with Crippen molar-refractivity contribution in [2.24, 2.45) is 0 Å². The van der Waals surface area contributed by atoms with Crippen LogP contribution < -0.4 is 19.7 Å². The Balaban J connectivity index is 1.51. The second-order valence-electron chi connectivity index (χ2n) is 6.88. The number of ether oxygens (including phenoxy) is 2. The molecule has 1 heterocycles. The molecule has 0 radical (unpaired) electrons. The Morgan fingerprint density at radius 3 is 2.60 bits per heavy atom. The van der Waals surface area contributed by atoms with Gasteiger partial charge in [-0.15, -0.1) is 0 Å². The summed E-state index contributed by atoms with van der Waals surface area (Å²) in [6, 6.07) is 10.6. The van der Waals surface area contributed by atoms with Crippen molar-refractivity contribution in [2.75, 3.05) is 32.7 Å². The van der Waals surface area contributed by atoms with Gasteiger partial charge in [0.1, 0.15) is 0 Å². The fourth-order valence-electron chi connectivity index (χ4n) is 3.27. The summed E-state index contributed by atoms with van der Waals surface area (Å²) in [5.41, 5.74) is 3.03. The number of hydrogen-bond donors (Lipinski definition) is 1. The average molecular weight is 408 g/mol. The Hall–Kier alpha value is -3.61. The molecule has 156 valence electrons. The fraction of sp³-hybridized carbons (Fsp3) is 0.261. The van der Waals surface area contributed by atoms with E-state index in [1.807, 2.05) is 6.07 Å². The molecule has 30 heavy (non-hydrogen) atoms. The number of carbonyl (C=O) groups excluding carboxylic acids is 3. The summed E-state index contributed by atoms with van der Waals surface area (Å²) < 4.78 is 10.4. The van der Waals surface area contributed by atoms with Gasteiger partial charge in [0.15, 0.2) is 17.3 Å². The molecule has 2 aromatic rings. The van der Waals surface area contributed by atoms with Crippen LogP contribution in [-0.2, 0) is 16.0 Å². The zero-order valence-electron chi connectivity index (χ0n) is 17.2. The molecule has 0 unspecified atom stereocenters. The predicted molar refractivity (Wildman–Crippen MR) is 114 cm³/mol. The Bertz CT molecular complexity index is 1010. The van der Waals surface area contributed by atoms with Crippen molar-refractivity contribution in [2.45, 2.75) is 12.8 Å². The van der Waals surface area contributed by atoms with E-state index in [9.17, 15) is 14.4 Å². The van der Waals surface area contributed by atoms with Crippen LogP contribution in [0.4, 0.5) is 5.69 Å². The molecule has 2 aromatic carbocycles. The van der Waals surface area contributed by atoms with Gasteiger partial charge in [-0.05, 0) is 47.5 Å². The average Bonchev–Trinajstić information content (AvgIpc) is 3.04. The molecule has 2 amide bonds. The maximum absolute atomic E-state index is 12.4. The van der Waals surface area contributed by atoms with Gasteiger partial charge in [-0.25, -0.2) is 0 Å². The van der Waals surface area contributed by atoms with Crippen molar-refractivity contribution in [3.63, 3.8) is 0 Å². The molecule has 1 aliphatic rings. The van der Waals surface area contributed by atoms with Crippen LogP contribution in [0.25, 0.3) is 6.08 Å². The number of fused-ring (bicyclic) bond motifs is 1. The number of hydrogen-bond acceptors (Lipinski definition) is 5. The summed E-state index contributed by atoms with van der Waals surface area (Å²) in [5, 5.41) is 2.71. The SMILES string of the molecule is COc1ccc(/C=C/C(=O)NCCC(=O)c2ccc3c(c2)CC(=O)N3C)cc1OC. The van der Waals surface area contributed by atoms with Crippen LogP contribution in [0, 0.1) is 0 Å². The number of carbonyl (C=O) groups is 3. The maximum Gasteiger partial charge on any atom is 0.244 e. The summed E-state index contributed by atoms with van der Waals surface area (Å²) in [4.78, 5) is 37.8. The highest BCUT2D eigenvalue weighted by Crippen LogP contribution is 2.29. The zero-order valence-corrected chi connectivity index (χ0v) is 17.2. The van der Waals surface area contributed by atoms with Gasteiger partial charge >= 0.3 is 0 Å². The number of ketones is 1. The van der Waals surface area contributed by atoms with Crippen molar-refractivity contribution >= 4 is 29.4 Å². The molecule has 3 rings (SSSR count). The van der Waals surface area contributed by atoms with E-state index >= 15 is 0 Å². The molecule has 0 spiro atoms. The lowest BCUT2D eigenvalue weighted by Crippen LogP contribution is -2.24. The van der Waals surface area contributed by atoms with Gasteiger partial charge in [0.2, 0.25) is 11.8 Å². The lowest BCUT2D eigenvalue weighted by Gasteiger charge is -2.10. The first kappa shape index (κ1) is 21.1. The van der Waals surface area contributed by atoms with E-state index in [1.54, 1.807) is 62.6 Å². The first-order valence-electron chi connectivity index (χ1n) is 9.53. The molecular formula is C23H24N2O5. The second-order valence-corrected chi connectivity index (χ2v) is 6.88. The molecule has 0 saturated carbocycles. The number of nitrogens with one attached hydrogen (secondary N) is 1. The van der Waals surface area contributed by atoms with Gasteiger partial charge in [-0.2, -0.15) is 0 Å². The predicted octanol–water partition coefficient (Wildman–Crippen LogP) is 2.63. The van der Waals surface area contributed by atoms with Crippen molar-refractivity contribution in [1.82, 2.24) is 5.32 Å². The van der Waals surface area contributed by atoms with Crippen LogP contribution in [-0.4, -0.2) is 45.4 Å². The topological polar surface area (TPSA) is 84.9 Å². The highest BCUT2D eigenvalue weighted by atomic mass is 16.5. The van der Waals surface area contributed by atoms with Crippen LogP contribution in [0.5, 0.6) is 11.5 Å². The first-order valence-corrected chi connectivity index (χ1v) is 9.53. The number of anilines is 1. The summed E-state index contributed by atoms with van der Waals surface area (Å²) in [6.45, 7) is 0.226. The summed E-state index contributed by atoms with van der Waals surface area (Å²) in [7, 11) is 4.83. The molecule has 0 aromatic heterocycles. The normalized spacial score (nSPS) is 12.8. The Morgan fingerprint density at radius 1 is 1.10 bits per heavy atom. The third-order valence-electron chi connectivity index (χ3n) is 4.96. The maximum atomic E-state index is 12.4. The molecule has 1 aliphatic heterocycles. The summed E-state index contributed by atoms with van der Waals surface area (Å²) >= 11 is 0. The molecular weight excluding hydrogens is 384 g/mol. The Labute approximate surface area is 175 Å². The Kier molecular flexibility index (Phi) is 6.51. The lowest BCUT2D eigenvalue weighted by atomic mass is 10.0. The van der Waals surface area contributed by atoms with Crippen LogP contribution in [0.1, 0.15) is 27.9 Å². The van der Waals surface area contributed by atoms with E-state index in [2.05, 4.69) is 5.32 Å². The van der Waals surface area contributed by atoms with E-state index in [0.717, 1.165) is 16.8 Å². The standard InChI is InChI=1S/C23H24N2O5/c1-25-18-7-6-16(13-17(18)14-23(25)28)19(26)10-11-24-22(27)9-5-15-4-8-20(29-2)21(12-15)30-3/h4-9,12-13H,10-11,14H2,1-3H3,(H,24,27)/b9-5+. The van der Waals surface area contributed by atoms with E-state index in [4.69, 9.17) is 9.47 Å². The zero-order chi connectivity index (χ0) is 21.7. The highest BCUT2D eigenvalue weighted by Gasteiger charge is 2.24. The summed E-state index contributed by atoms with van der Waals surface area (Å²) in [6.07, 6.45) is 3.55. The first-order chi connectivity index (χ1) is 14.4. The van der Waals surface area contributed by atoms with Crippen LogP contribution in [0.2, 0.25) is 0 Å². The number of benzene rings is 2. The highest BCUT2D eigenvalue weighted by molar-refractivity contribution is 6.03. The quantitative estimate of drug-likeness (QED) is 0.536. The molecule has 0 saturated heterocycles. The smallest absolute Gasteiger partial charge is 0.244 e. The van der Waals surface area contributed by atoms with Crippen LogP contribution >= 0.6 is 0 Å². The number of Topliss-reactive ketones (excluding diaryl/α,β-unsaturated/α-hetero) is 1. The van der Waals surface area contributed by atoms with Crippen LogP contribution in [0.15, 0.2) is 42.5 Å². The monoisotopic (exact) mass is 408 g/mol. The third kappa shape index (κ3) is 4.68.